The molecule has 0 spiro atoms. The van der Waals surface area contributed by atoms with Gasteiger partial charge in [-0.2, -0.15) is 0 Å². The maximum Gasteiger partial charge on any atom is 0.273 e. The van der Waals surface area contributed by atoms with Gasteiger partial charge in [-0.1, -0.05) is 0 Å². The lowest BCUT2D eigenvalue weighted by atomic mass is 10.1. The van der Waals surface area contributed by atoms with Crippen LogP contribution >= 0.6 is 0 Å². The quantitative estimate of drug-likeness (QED) is 0.620. The first-order chi connectivity index (χ1) is 7.67. The summed E-state index contributed by atoms with van der Waals surface area (Å²) < 4.78 is 5.08. The van der Waals surface area contributed by atoms with Gasteiger partial charge in [0.1, 0.15) is 5.75 Å². The minimum Gasteiger partial charge on any atom is -0.497 e. The van der Waals surface area contributed by atoms with Crippen molar-refractivity contribution in [3.8, 4) is 5.75 Å². The molecule has 1 aliphatic rings. The second kappa shape index (κ2) is 4.09. The zero-order valence-electron chi connectivity index (χ0n) is 9.05. The normalized spacial score (nSPS) is 22.9. The van der Waals surface area contributed by atoms with Gasteiger partial charge in [0.2, 0.25) is 0 Å². The van der Waals surface area contributed by atoms with Crippen LogP contribution in [0.2, 0.25) is 0 Å². The summed E-state index contributed by atoms with van der Waals surface area (Å²) in [5, 5.41) is 10.9. The highest BCUT2D eigenvalue weighted by molar-refractivity contribution is 5.49. The number of rotatable bonds is 4. The molecule has 0 radical (unpaired) electrons. The molecule has 86 valence electrons. The molecule has 0 saturated heterocycles. The highest BCUT2D eigenvalue weighted by Gasteiger charge is 2.41. The number of nitro benzene ring substituents is 1. The second-order valence-corrected chi connectivity index (χ2v) is 4.02. The van der Waals surface area contributed by atoms with Crippen LogP contribution in [0.15, 0.2) is 18.2 Å². The van der Waals surface area contributed by atoms with Gasteiger partial charge >= 0.3 is 0 Å². The summed E-state index contributed by atoms with van der Waals surface area (Å²) in [7, 11) is 1.55. The number of nitro groups is 1. The third-order valence-corrected chi connectivity index (χ3v) is 3.06. The maximum atomic E-state index is 10.9. The molecule has 0 bridgehead atoms. The van der Waals surface area contributed by atoms with E-state index in [0.29, 0.717) is 18.2 Å². The van der Waals surface area contributed by atoms with Gasteiger partial charge in [-0.3, -0.25) is 10.1 Å². The SMILES string of the molecule is COc1ccc([N+](=O)[O-])c([C@@H]2C[C@H]2CN)c1. The second-order valence-electron chi connectivity index (χ2n) is 4.02. The van der Waals surface area contributed by atoms with E-state index in [4.69, 9.17) is 10.5 Å². The summed E-state index contributed by atoms with van der Waals surface area (Å²) >= 11 is 0. The molecule has 0 heterocycles. The molecule has 16 heavy (non-hydrogen) atoms. The molecule has 2 N–H and O–H groups in total. The Morgan fingerprint density at radius 3 is 2.88 bits per heavy atom. The van der Waals surface area contributed by atoms with Crippen LogP contribution in [0.1, 0.15) is 17.9 Å². The molecule has 0 aliphatic heterocycles. The highest BCUT2D eigenvalue weighted by Crippen LogP contribution is 2.50. The van der Waals surface area contributed by atoms with Gasteiger partial charge in [-0.15, -0.1) is 0 Å². The van der Waals surface area contributed by atoms with E-state index in [1.54, 1.807) is 19.2 Å². The van der Waals surface area contributed by atoms with Crippen molar-refractivity contribution >= 4 is 5.69 Å². The number of ether oxygens (including phenoxy) is 1. The van der Waals surface area contributed by atoms with E-state index in [0.717, 1.165) is 12.0 Å². The summed E-state index contributed by atoms with van der Waals surface area (Å²) in [6, 6.07) is 4.86. The highest BCUT2D eigenvalue weighted by atomic mass is 16.6. The lowest BCUT2D eigenvalue weighted by Gasteiger charge is -2.05. The number of hydrogen-bond donors (Lipinski definition) is 1. The van der Waals surface area contributed by atoms with Gasteiger partial charge in [-0.05, 0) is 36.9 Å². The van der Waals surface area contributed by atoms with Crippen LogP contribution in [0, 0.1) is 16.0 Å². The van der Waals surface area contributed by atoms with Crippen molar-refractivity contribution in [2.75, 3.05) is 13.7 Å². The molecule has 1 aromatic carbocycles. The van der Waals surface area contributed by atoms with Crippen molar-refractivity contribution in [2.24, 2.45) is 11.7 Å². The van der Waals surface area contributed by atoms with Gasteiger partial charge in [0, 0.05) is 11.6 Å². The molecule has 1 aliphatic carbocycles. The maximum absolute atomic E-state index is 10.9. The molecule has 2 rings (SSSR count). The van der Waals surface area contributed by atoms with E-state index in [2.05, 4.69) is 0 Å². The van der Waals surface area contributed by atoms with Gasteiger partial charge < -0.3 is 10.5 Å². The third-order valence-electron chi connectivity index (χ3n) is 3.06. The Morgan fingerprint density at radius 1 is 1.62 bits per heavy atom. The summed E-state index contributed by atoms with van der Waals surface area (Å²) in [5.74, 6) is 1.26. The first-order valence-corrected chi connectivity index (χ1v) is 5.19. The number of benzene rings is 1. The summed E-state index contributed by atoms with van der Waals surface area (Å²) in [6.07, 6.45) is 0.935. The van der Waals surface area contributed by atoms with Crippen molar-refractivity contribution in [3.05, 3.63) is 33.9 Å². The van der Waals surface area contributed by atoms with Crippen LogP contribution in [-0.2, 0) is 0 Å². The van der Waals surface area contributed by atoms with Crippen LogP contribution in [0.4, 0.5) is 5.69 Å². The predicted octanol–water partition coefficient (Wildman–Crippen LogP) is 1.67. The minimum atomic E-state index is -0.347. The van der Waals surface area contributed by atoms with Crippen molar-refractivity contribution in [2.45, 2.75) is 12.3 Å². The van der Waals surface area contributed by atoms with Gasteiger partial charge in [0.25, 0.3) is 5.69 Å². The zero-order valence-corrected chi connectivity index (χ0v) is 9.05. The fourth-order valence-electron chi connectivity index (χ4n) is 2.01. The summed E-state index contributed by atoms with van der Waals surface area (Å²) in [6.45, 7) is 0.582. The Kier molecular flexibility index (Phi) is 2.78. The minimum absolute atomic E-state index is 0.168. The lowest BCUT2D eigenvalue weighted by molar-refractivity contribution is -0.385. The topological polar surface area (TPSA) is 78.4 Å². The molecule has 1 aromatic rings. The molecule has 1 fully saturated rings. The number of nitrogens with two attached hydrogens (primary N) is 1. The van der Waals surface area contributed by atoms with Crippen molar-refractivity contribution in [1.82, 2.24) is 0 Å². The predicted molar refractivity (Wildman–Crippen MR) is 59.6 cm³/mol. The summed E-state index contributed by atoms with van der Waals surface area (Å²) in [5.41, 5.74) is 6.48. The molecular weight excluding hydrogens is 208 g/mol. The average molecular weight is 222 g/mol. The Morgan fingerprint density at radius 2 is 2.38 bits per heavy atom. The van der Waals surface area contributed by atoms with E-state index in [1.165, 1.54) is 6.07 Å². The molecule has 5 nitrogen and oxygen atoms in total. The van der Waals surface area contributed by atoms with E-state index in [9.17, 15) is 10.1 Å². The summed E-state index contributed by atoms with van der Waals surface area (Å²) in [4.78, 5) is 10.5. The van der Waals surface area contributed by atoms with Crippen LogP contribution in [0.3, 0.4) is 0 Å². The average Bonchev–Trinajstić information content (AvgIpc) is 3.07. The van der Waals surface area contributed by atoms with Gasteiger partial charge in [-0.25, -0.2) is 0 Å². The van der Waals surface area contributed by atoms with E-state index < -0.39 is 0 Å². The van der Waals surface area contributed by atoms with Crippen molar-refractivity contribution in [3.63, 3.8) is 0 Å². The third kappa shape index (κ3) is 1.86. The van der Waals surface area contributed by atoms with Crippen molar-refractivity contribution < 1.29 is 9.66 Å². The van der Waals surface area contributed by atoms with Crippen LogP contribution in [-0.4, -0.2) is 18.6 Å². The van der Waals surface area contributed by atoms with Gasteiger partial charge in [0.05, 0.1) is 12.0 Å². The molecule has 5 heteroatoms. The first-order valence-electron chi connectivity index (χ1n) is 5.19. The first kappa shape index (κ1) is 10.9. The fourth-order valence-corrected chi connectivity index (χ4v) is 2.01. The van der Waals surface area contributed by atoms with Crippen LogP contribution in [0.25, 0.3) is 0 Å². The Balaban J connectivity index is 2.36. The Labute approximate surface area is 93.4 Å². The molecule has 2 atom stereocenters. The standard InChI is InChI=1S/C11H14N2O3/c1-16-8-2-3-11(13(14)15)10(5-8)9-4-7(9)6-12/h2-3,5,7,9H,4,6,12H2,1H3/t7-,9+/m0/s1. The Hall–Kier alpha value is -1.62. The molecule has 0 unspecified atom stereocenters. The molecule has 1 saturated carbocycles. The van der Waals surface area contributed by atoms with E-state index in [-0.39, 0.29) is 16.5 Å². The smallest absolute Gasteiger partial charge is 0.273 e. The number of hydrogen-bond acceptors (Lipinski definition) is 4. The number of nitrogens with zero attached hydrogens (tertiary/aromatic N) is 1. The monoisotopic (exact) mass is 222 g/mol. The van der Waals surface area contributed by atoms with E-state index >= 15 is 0 Å². The largest absolute Gasteiger partial charge is 0.497 e. The fraction of sp³-hybridized carbons (Fsp3) is 0.455. The van der Waals surface area contributed by atoms with Crippen LogP contribution in [0.5, 0.6) is 5.75 Å². The molecule has 0 aromatic heterocycles. The zero-order chi connectivity index (χ0) is 11.7. The Bertz CT molecular complexity index is 420. The molecular formula is C11H14N2O3. The van der Waals surface area contributed by atoms with Crippen molar-refractivity contribution in [1.29, 1.82) is 0 Å². The molecule has 0 amide bonds. The number of methoxy groups -OCH3 is 1. The van der Waals surface area contributed by atoms with Crippen LogP contribution < -0.4 is 10.5 Å². The van der Waals surface area contributed by atoms with E-state index in [1.807, 2.05) is 0 Å². The lowest BCUT2D eigenvalue weighted by Crippen LogP contribution is -2.03. The van der Waals surface area contributed by atoms with Gasteiger partial charge in [0.15, 0.2) is 0 Å².